The van der Waals surface area contributed by atoms with E-state index in [1.165, 1.54) is 0 Å². The second-order valence-electron chi connectivity index (χ2n) is 3.01. The molecule has 0 spiro atoms. The van der Waals surface area contributed by atoms with Crippen LogP contribution < -0.4 is 0 Å². The van der Waals surface area contributed by atoms with Crippen LogP contribution in [0, 0.1) is 0 Å². The fourth-order valence-electron chi connectivity index (χ4n) is 0.909. The van der Waals surface area contributed by atoms with Gasteiger partial charge in [0.05, 0.1) is 6.26 Å². The Morgan fingerprint density at radius 1 is 0.667 bits per heavy atom. The zero-order valence-corrected chi connectivity index (χ0v) is 9.96. The van der Waals surface area contributed by atoms with Gasteiger partial charge in [0.1, 0.15) is 6.61 Å². The molecule has 0 aliphatic carbocycles. The van der Waals surface area contributed by atoms with Gasteiger partial charge in [0.2, 0.25) is 0 Å². The fraction of sp³-hybridized carbons (Fsp3) is 0.0714. The lowest BCUT2D eigenvalue weighted by atomic mass is 10.4. The lowest BCUT2D eigenvalue weighted by molar-refractivity contribution is 0.290. The van der Waals surface area contributed by atoms with E-state index >= 15 is 0 Å². The van der Waals surface area contributed by atoms with E-state index in [-0.39, 0.29) is 0 Å². The molecule has 0 unspecified atom stereocenters. The van der Waals surface area contributed by atoms with Crippen LogP contribution in [-0.2, 0) is 4.74 Å². The number of hydrogen-bond acceptors (Lipinski definition) is 4. The van der Waals surface area contributed by atoms with E-state index in [1.54, 1.807) is 43.5 Å². The molecule has 0 atom stereocenters. The van der Waals surface area contributed by atoms with Crippen LogP contribution in [0.15, 0.2) is 76.3 Å². The predicted molar refractivity (Wildman–Crippen MR) is 77.1 cm³/mol. The van der Waals surface area contributed by atoms with Crippen molar-refractivity contribution >= 4 is 18.6 Å². The molecule has 1 heterocycles. The summed E-state index contributed by atoms with van der Waals surface area (Å²) in [5.41, 5.74) is 0. The minimum Gasteiger partial charge on any atom is -0.497 e. The Bertz CT molecular complexity index is 396. The summed E-state index contributed by atoms with van der Waals surface area (Å²) in [7, 11) is 0. The molecule has 18 heavy (non-hydrogen) atoms. The molecule has 4 heteroatoms. The first-order chi connectivity index (χ1) is 9.00. The largest absolute Gasteiger partial charge is 0.497 e. The van der Waals surface area contributed by atoms with Crippen molar-refractivity contribution in [2.75, 3.05) is 6.61 Å². The lowest BCUT2D eigenvalue weighted by Crippen LogP contribution is -1.80. The smallest absolute Gasteiger partial charge is 0.106 e. The molecule has 0 bridgehead atoms. The van der Waals surface area contributed by atoms with Gasteiger partial charge in [-0.05, 0) is 24.3 Å². The Morgan fingerprint density at radius 3 is 2.28 bits per heavy atom. The van der Waals surface area contributed by atoms with E-state index < -0.39 is 0 Å². The van der Waals surface area contributed by atoms with Gasteiger partial charge in [0, 0.05) is 37.2 Å². The molecule has 0 fully saturated rings. The van der Waals surface area contributed by atoms with Crippen molar-refractivity contribution in [2.45, 2.75) is 0 Å². The van der Waals surface area contributed by atoms with Gasteiger partial charge in [0.25, 0.3) is 0 Å². The Balaban J connectivity index is 2.58. The third-order valence-electron chi connectivity index (χ3n) is 1.66. The Morgan fingerprint density at radius 2 is 1.39 bits per heavy atom. The van der Waals surface area contributed by atoms with Gasteiger partial charge in [-0.1, -0.05) is 12.2 Å². The summed E-state index contributed by atoms with van der Waals surface area (Å²) in [5, 5.41) is 0. The molecule has 0 aromatic heterocycles. The van der Waals surface area contributed by atoms with E-state index in [9.17, 15) is 0 Å². The topological polar surface area (TPSA) is 46.3 Å². The molecule has 1 rings (SSSR count). The maximum Gasteiger partial charge on any atom is 0.106 e. The van der Waals surface area contributed by atoms with Crippen LogP contribution in [0.4, 0.5) is 0 Å². The van der Waals surface area contributed by atoms with Crippen LogP contribution >= 0.6 is 0 Å². The van der Waals surface area contributed by atoms with Crippen molar-refractivity contribution in [1.82, 2.24) is 0 Å². The van der Waals surface area contributed by atoms with Crippen LogP contribution in [-0.4, -0.2) is 25.3 Å². The maximum atomic E-state index is 5.20. The van der Waals surface area contributed by atoms with E-state index in [2.05, 4.69) is 15.0 Å². The van der Waals surface area contributed by atoms with Crippen LogP contribution in [0.2, 0.25) is 0 Å². The molecule has 0 saturated carbocycles. The first-order valence-electron chi connectivity index (χ1n) is 5.48. The highest BCUT2D eigenvalue weighted by molar-refractivity contribution is 6.16. The number of hydrogen-bond donors (Lipinski definition) is 0. The van der Waals surface area contributed by atoms with Gasteiger partial charge in [-0.25, -0.2) is 0 Å². The fourth-order valence-corrected chi connectivity index (χ4v) is 0.909. The minimum atomic E-state index is 0.512. The van der Waals surface area contributed by atoms with E-state index in [4.69, 9.17) is 4.74 Å². The van der Waals surface area contributed by atoms with Gasteiger partial charge in [0.15, 0.2) is 0 Å². The number of nitrogens with zero attached hydrogens (tertiary/aromatic N) is 3. The van der Waals surface area contributed by atoms with Crippen molar-refractivity contribution in [3.63, 3.8) is 0 Å². The predicted octanol–water partition coefficient (Wildman–Crippen LogP) is 2.84. The van der Waals surface area contributed by atoms with Crippen molar-refractivity contribution in [1.29, 1.82) is 0 Å². The molecular weight excluding hydrogens is 226 g/mol. The Hall–Kier alpha value is -2.49. The third-order valence-corrected chi connectivity index (χ3v) is 1.66. The second kappa shape index (κ2) is 11.0. The number of allylic oxidation sites excluding steroid dienone is 5. The van der Waals surface area contributed by atoms with Crippen molar-refractivity contribution in [3.8, 4) is 0 Å². The molecule has 0 aromatic rings. The summed E-state index contributed by atoms with van der Waals surface area (Å²) in [5.74, 6) is 0. The molecule has 0 amide bonds. The molecule has 92 valence electrons. The first-order valence-corrected chi connectivity index (χ1v) is 5.48. The molecule has 0 saturated heterocycles. The average Bonchev–Trinajstić information content (AvgIpc) is 2.39. The van der Waals surface area contributed by atoms with Crippen molar-refractivity contribution in [3.05, 3.63) is 61.3 Å². The summed E-state index contributed by atoms with van der Waals surface area (Å²) < 4.78 is 5.20. The molecule has 0 N–H and O–H groups in total. The summed E-state index contributed by atoms with van der Waals surface area (Å²) >= 11 is 0. The van der Waals surface area contributed by atoms with Crippen molar-refractivity contribution in [2.24, 2.45) is 15.0 Å². The van der Waals surface area contributed by atoms with Crippen molar-refractivity contribution < 1.29 is 4.74 Å². The first kappa shape index (κ1) is 13.6. The maximum absolute atomic E-state index is 5.20. The van der Waals surface area contributed by atoms with E-state index in [0.29, 0.717) is 6.61 Å². The summed E-state index contributed by atoms with van der Waals surface area (Å²) in [6.45, 7) is 0.512. The van der Waals surface area contributed by atoms with Gasteiger partial charge in [-0.15, -0.1) is 0 Å². The number of ether oxygens (including phenoxy) is 1. The SMILES string of the molecule is C1=CC=COCC=CC=NC=CN=CC=NC=C1. The highest BCUT2D eigenvalue weighted by Crippen LogP contribution is 1.84. The van der Waals surface area contributed by atoms with Gasteiger partial charge in [-0.3, -0.25) is 15.0 Å². The lowest BCUT2D eigenvalue weighted by Gasteiger charge is -1.90. The zero-order valence-electron chi connectivity index (χ0n) is 9.96. The monoisotopic (exact) mass is 241 g/mol. The summed E-state index contributed by atoms with van der Waals surface area (Å²) in [6, 6.07) is 0. The summed E-state index contributed by atoms with van der Waals surface area (Å²) in [4.78, 5) is 11.9. The number of rotatable bonds is 0. The van der Waals surface area contributed by atoms with Gasteiger partial charge < -0.3 is 4.74 Å². The minimum absolute atomic E-state index is 0.512. The van der Waals surface area contributed by atoms with Crippen LogP contribution in [0.3, 0.4) is 0 Å². The van der Waals surface area contributed by atoms with Crippen LogP contribution in [0.1, 0.15) is 0 Å². The second-order valence-corrected chi connectivity index (χ2v) is 3.01. The Labute approximate surface area is 107 Å². The van der Waals surface area contributed by atoms with Crippen LogP contribution in [0.5, 0.6) is 0 Å². The molecule has 1 aliphatic rings. The standard InChI is InChI=1S/C14H15N3O/c1-2-5-13-18-14-6-4-8-16-10-12-17-11-9-15-7-3-1/h1-13H,14H2. The van der Waals surface area contributed by atoms with Gasteiger partial charge >= 0.3 is 0 Å². The van der Waals surface area contributed by atoms with Gasteiger partial charge in [-0.2, -0.15) is 0 Å². The van der Waals surface area contributed by atoms with E-state index in [0.717, 1.165) is 0 Å². The third kappa shape index (κ3) is 8.79. The normalized spacial score (nSPS) is 16.4. The highest BCUT2D eigenvalue weighted by Gasteiger charge is 1.72. The average molecular weight is 241 g/mol. The van der Waals surface area contributed by atoms with E-state index in [1.807, 2.05) is 36.5 Å². The molecule has 0 radical (unpaired) electrons. The summed E-state index contributed by atoms with van der Waals surface area (Å²) in [6.07, 6.45) is 22.4. The molecule has 4 nitrogen and oxygen atoms in total. The Kier molecular flexibility index (Phi) is 8.30. The molecule has 1 aliphatic heterocycles. The molecular formula is C14H15N3O. The molecule has 0 aromatic carbocycles. The number of aliphatic imine (C=N–C) groups is 3. The zero-order chi connectivity index (χ0) is 12.7. The highest BCUT2D eigenvalue weighted by atomic mass is 16.5. The van der Waals surface area contributed by atoms with Crippen LogP contribution in [0.25, 0.3) is 0 Å². The quantitative estimate of drug-likeness (QED) is 0.643.